The number of hydrogen-bond donors (Lipinski definition) is 1. The summed E-state index contributed by atoms with van der Waals surface area (Å²) in [6, 6.07) is 5.82. The number of nitrogens with zero attached hydrogens (tertiary/aromatic N) is 3. The Hall–Kier alpha value is -2.50. The molecule has 1 amide bonds. The number of hydrazine groups is 1. The fourth-order valence-electron chi connectivity index (χ4n) is 1.68. The van der Waals surface area contributed by atoms with Gasteiger partial charge in [0.05, 0.1) is 5.52 Å². The lowest BCUT2D eigenvalue weighted by atomic mass is 10.2. The number of rotatable bonds is 4. The van der Waals surface area contributed by atoms with E-state index >= 15 is 0 Å². The summed E-state index contributed by atoms with van der Waals surface area (Å²) in [6.45, 7) is 4.08. The number of carbonyl (C=O) groups is 2. The minimum atomic E-state index is -0.657. The lowest BCUT2D eigenvalue weighted by molar-refractivity contribution is -0.137. The third-order valence-corrected chi connectivity index (χ3v) is 2.65. The van der Waals surface area contributed by atoms with Crippen LogP contribution in [0.4, 0.5) is 5.95 Å². The average molecular weight is 258 g/mol. The Kier molecular flexibility index (Phi) is 3.70. The Morgan fingerprint density at radius 3 is 2.95 bits per heavy atom. The Bertz CT molecular complexity index is 627. The molecule has 0 aliphatic rings. The zero-order valence-electron chi connectivity index (χ0n) is 10.8. The fourth-order valence-corrected chi connectivity index (χ4v) is 1.68. The summed E-state index contributed by atoms with van der Waals surface area (Å²) in [6.07, 6.45) is 1.93. The number of aldehydes is 1. The van der Waals surface area contributed by atoms with Crippen LogP contribution >= 0.6 is 0 Å². The van der Waals surface area contributed by atoms with Crippen LogP contribution in [0.1, 0.15) is 12.5 Å². The highest BCUT2D eigenvalue weighted by Gasteiger charge is 2.11. The molecule has 2 rings (SSSR count). The predicted molar refractivity (Wildman–Crippen MR) is 71.3 cm³/mol. The van der Waals surface area contributed by atoms with Gasteiger partial charge in [0.2, 0.25) is 12.2 Å². The molecule has 0 saturated heterocycles. The summed E-state index contributed by atoms with van der Waals surface area (Å²) >= 11 is 0. The monoisotopic (exact) mass is 258 g/mol. The third-order valence-electron chi connectivity index (χ3n) is 2.65. The van der Waals surface area contributed by atoms with Crippen LogP contribution in [0.3, 0.4) is 0 Å². The van der Waals surface area contributed by atoms with E-state index in [1.54, 1.807) is 13.1 Å². The second kappa shape index (κ2) is 5.43. The Balaban J connectivity index is 2.28. The van der Waals surface area contributed by atoms with Crippen molar-refractivity contribution in [2.24, 2.45) is 0 Å². The van der Waals surface area contributed by atoms with Crippen molar-refractivity contribution in [2.45, 2.75) is 13.8 Å². The Morgan fingerprint density at radius 2 is 2.26 bits per heavy atom. The molecule has 6 nitrogen and oxygen atoms in total. The Labute approximate surface area is 110 Å². The van der Waals surface area contributed by atoms with E-state index in [4.69, 9.17) is 0 Å². The SMILES string of the molecule is CCN(Nc1ncc2cc(C)ccc2n1)C(=O)C=O. The topological polar surface area (TPSA) is 75.2 Å². The van der Waals surface area contributed by atoms with Crippen molar-refractivity contribution in [3.63, 3.8) is 0 Å². The number of fused-ring (bicyclic) bond motifs is 1. The van der Waals surface area contributed by atoms with E-state index in [1.165, 1.54) is 0 Å². The quantitative estimate of drug-likeness (QED) is 0.508. The first-order chi connectivity index (χ1) is 9.13. The molecule has 1 aromatic carbocycles. The number of aryl methyl sites for hydroxylation is 1. The van der Waals surface area contributed by atoms with Crippen LogP contribution in [0.5, 0.6) is 0 Å². The smallest absolute Gasteiger partial charge is 0.292 e. The van der Waals surface area contributed by atoms with Gasteiger partial charge in [0.25, 0.3) is 0 Å². The van der Waals surface area contributed by atoms with E-state index < -0.39 is 5.91 Å². The maximum atomic E-state index is 11.3. The van der Waals surface area contributed by atoms with E-state index in [0.717, 1.165) is 21.5 Å². The summed E-state index contributed by atoms with van der Waals surface area (Å²) in [5.74, 6) is -0.372. The highest BCUT2D eigenvalue weighted by atomic mass is 16.2. The minimum Gasteiger partial charge on any atom is -0.292 e. The molecule has 6 heteroatoms. The highest BCUT2D eigenvalue weighted by Crippen LogP contribution is 2.14. The molecule has 0 spiro atoms. The largest absolute Gasteiger partial charge is 0.305 e. The molecule has 1 aromatic heterocycles. The summed E-state index contributed by atoms with van der Waals surface area (Å²) < 4.78 is 0. The van der Waals surface area contributed by atoms with Crippen molar-refractivity contribution >= 4 is 29.0 Å². The maximum Gasteiger partial charge on any atom is 0.305 e. The normalized spacial score (nSPS) is 10.2. The van der Waals surface area contributed by atoms with Crippen LogP contribution in [0, 0.1) is 6.92 Å². The van der Waals surface area contributed by atoms with Crippen molar-refractivity contribution in [3.05, 3.63) is 30.0 Å². The van der Waals surface area contributed by atoms with Crippen molar-refractivity contribution in [2.75, 3.05) is 12.0 Å². The van der Waals surface area contributed by atoms with Gasteiger partial charge in [-0.3, -0.25) is 15.0 Å². The van der Waals surface area contributed by atoms with Crippen LogP contribution < -0.4 is 5.43 Å². The predicted octanol–water partition coefficient (Wildman–Crippen LogP) is 1.31. The molecule has 0 fully saturated rings. The molecule has 0 aliphatic heterocycles. The van der Waals surface area contributed by atoms with Crippen LogP contribution in [-0.4, -0.2) is 33.7 Å². The van der Waals surface area contributed by atoms with Crippen LogP contribution in [0.15, 0.2) is 24.4 Å². The van der Waals surface area contributed by atoms with Gasteiger partial charge in [-0.25, -0.2) is 15.0 Å². The number of aromatic nitrogens is 2. The van der Waals surface area contributed by atoms with Gasteiger partial charge in [0, 0.05) is 18.1 Å². The first-order valence-corrected chi connectivity index (χ1v) is 5.90. The molecule has 0 atom stereocenters. The second-order valence-electron chi connectivity index (χ2n) is 4.07. The van der Waals surface area contributed by atoms with Gasteiger partial charge in [-0.2, -0.15) is 0 Å². The summed E-state index contributed by atoms with van der Waals surface area (Å²) in [4.78, 5) is 30.2. The van der Waals surface area contributed by atoms with E-state index in [1.807, 2.05) is 25.1 Å². The van der Waals surface area contributed by atoms with E-state index in [0.29, 0.717) is 6.54 Å². The lowest BCUT2D eigenvalue weighted by Crippen LogP contribution is -2.37. The molecular weight excluding hydrogens is 244 g/mol. The average Bonchev–Trinajstić information content (AvgIpc) is 2.44. The van der Waals surface area contributed by atoms with Gasteiger partial charge >= 0.3 is 5.91 Å². The lowest BCUT2D eigenvalue weighted by Gasteiger charge is -2.18. The molecule has 0 unspecified atom stereocenters. The van der Waals surface area contributed by atoms with Crippen molar-refractivity contribution in [3.8, 4) is 0 Å². The molecule has 0 radical (unpaired) electrons. The number of anilines is 1. The van der Waals surface area contributed by atoms with Crippen molar-refractivity contribution in [1.29, 1.82) is 0 Å². The molecule has 0 saturated carbocycles. The molecule has 19 heavy (non-hydrogen) atoms. The first-order valence-electron chi connectivity index (χ1n) is 5.90. The summed E-state index contributed by atoms with van der Waals surface area (Å²) in [5.41, 5.74) is 4.62. The maximum absolute atomic E-state index is 11.3. The number of likely N-dealkylation sites (N-methyl/N-ethyl adjacent to an activating group) is 1. The zero-order valence-corrected chi connectivity index (χ0v) is 10.8. The van der Waals surface area contributed by atoms with E-state index in [-0.39, 0.29) is 12.2 Å². The highest BCUT2D eigenvalue weighted by molar-refractivity contribution is 6.23. The fraction of sp³-hybridized carbons (Fsp3) is 0.231. The van der Waals surface area contributed by atoms with Gasteiger partial charge in [-0.15, -0.1) is 0 Å². The van der Waals surface area contributed by atoms with Gasteiger partial charge in [0.1, 0.15) is 0 Å². The minimum absolute atomic E-state index is 0.251. The number of benzene rings is 1. The van der Waals surface area contributed by atoms with Crippen molar-refractivity contribution in [1.82, 2.24) is 15.0 Å². The van der Waals surface area contributed by atoms with E-state index in [9.17, 15) is 9.59 Å². The molecule has 0 bridgehead atoms. The molecule has 2 aromatic rings. The molecule has 98 valence electrons. The van der Waals surface area contributed by atoms with Gasteiger partial charge in [-0.1, -0.05) is 11.6 Å². The number of carbonyl (C=O) groups excluding carboxylic acids is 2. The zero-order chi connectivity index (χ0) is 13.8. The third kappa shape index (κ3) is 2.85. The Morgan fingerprint density at radius 1 is 1.47 bits per heavy atom. The molecule has 0 aliphatic carbocycles. The van der Waals surface area contributed by atoms with Crippen molar-refractivity contribution < 1.29 is 9.59 Å². The molecular formula is C13H14N4O2. The second-order valence-corrected chi connectivity index (χ2v) is 4.07. The first kappa shape index (κ1) is 12.9. The number of hydrogen-bond acceptors (Lipinski definition) is 5. The molecule has 1 N–H and O–H groups in total. The van der Waals surface area contributed by atoms with Gasteiger partial charge < -0.3 is 0 Å². The van der Waals surface area contributed by atoms with E-state index in [2.05, 4.69) is 15.4 Å². The van der Waals surface area contributed by atoms with Gasteiger partial charge in [-0.05, 0) is 26.0 Å². The number of amides is 1. The van der Waals surface area contributed by atoms with Gasteiger partial charge in [0.15, 0.2) is 0 Å². The van der Waals surface area contributed by atoms with Crippen LogP contribution in [0.2, 0.25) is 0 Å². The van der Waals surface area contributed by atoms with Crippen LogP contribution in [0.25, 0.3) is 10.9 Å². The standard InChI is InChI=1S/C13H14N4O2/c1-3-17(12(19)8-18)16-13-14-7-10-6-9(2)4-5-11(10)15-13/h4-8H,3H2,1-2H3,(H,14,15,16). The summed E-state index contributed by atoms with van der Waals surface area (Å²) in [5, 5.41) is 2.08. The van der Waals surface area contributed by atoms with Crippen LogP contribution in [-0.2, 0) is 9.59 Å². The number of nitrogens with one attached hydrogen (secondary N) is 1. The molecule has 1 heterocycles. The summed E-state index contributed by atoms with van der Waals surface area (Å²) in [7, 11) is 0.